The molecule has 10 nitrogen and oxygen atoms in total. The molecular formula is C29H34O10. The highest BCUT2D eigenvalue weighted by atomic mass is 16.5. The number of phenolic OH excluding ortho intramolecular Hbond substituents is 2. The predicted octanol–water partition coefficient (Wildman–Crippen LogP) is 4.74. The number of benzene rings is 2. The molecule has 0 saturated carbocycles. The standard InChI is InChI=1S/C29H34O10/c1-13(2)8-20(33)21-23(34)16-9-15(14(3)4)29(39-26(16)17(10-30)24(21)35)22-27(37-6)18(11-31)25(36-5)19(12-32)28(22)38-7/h10-15,29,34-35H,8-9H2,1-7H3/t15-,29+/m0/s1. The molecule has 2 atom stereocenters. The second kappa shape index (κ2) is 11.8. The van der Waals surface area contributed by atoms with E-state index < -0.39 is 29.3 Å². The van der Waals surface area contributed by atoms with Gasteiger partial charge in [-0.05, 0) is 18.3 Å². The summed E-state index contributed by atoms with van der Waals surface area (Å²) in [5, 5.41) is 22.1. The zero-order valence-corrected chi connectivity index (χ0v) is 23.1. The molecule has 210 valence electrons. The smallest absolute Gasteiger partial charge is 0.170 e. The van der Waals surface area contributed by atoms with Gasteiger partial charge in [-0.25, -0.2) is 0 Å². The van der Waals surface area contributed by atoms with Crippen LogP contribution >= 0.6 is 0 Å². The molecule has 10 heteroatoms. The molecule has 1 aliphatic rings. The van der Waals surface area contributed by atoms with E-state index in [9.17, 15) is 29.4 Å². The van der Waals surface area contributed by atoms with Crippen LogP contribution in [0.4, 0.5) is 0 Å². The van der Waals surface area contributed by atoms with Gasteiger partial charge >= 0.3 is 0 Å². The number of methoxy groups -OCH3 is 3. The zero-order valence-electron chi connectivity index (χ0n) is 23.1. The predicted molar refractivity (Wildman–Crippen MR) is 141 cm³/mol. The Balaban J connectivity index is 2.40. The average molecular weight is 543 g/mol. The number of hydrogen-bond donors (Lipinski definition) is 2. The largest absolute Gasteiger partial charge is 0.507 e. The van der Waals surface area contributed by atoms with Crippen LogP contribution in [0.25, 0.3) is 0 Å². The first-order valence-corrected chi connectivity index (χ1v) is 12.5. The number of carbonyl (C=O) groups excluding carboxylic acids is 4. The van der Waals surface area contributed by atoms with Crippen molar-refractivity contribution in [2.24, 2.45) is 17.8 Å². The average Bonchev–Trinajstić information content (AvgIpc) is 2.90. The van der Waals surface area contributed by atoms with Crippen molar-refractivity contribution in [2.45, 2.75) is 46.6 Å². The highest BCUT2D eigenvalue weighted by molar-refractivity contribution is 6.05. The van der Waals surface area contributed by atoms with E-state index in [1.165, 1.54) is 21.3 Å². The third-order valence-corrected chi connectivity index (χ3v) is 7.05. The first kappa shape index (κ1) is 29.5. The fourth-order valence-electron chi connectivity index (χ4n) is 5.24. The molecule has 0 spiro atoms. The van der Waals surface area contributed by atoms with Crippen molar-refractivity contribution < 1.29 is 48.3 Å². The second-order valence-corrected chi connectivity index (χ2v) is 10.2. The molecule has 0 radical (unpaired) electrons. The van der Waals surface area contributed by atoms with Crippen LogP contribution in [0, 0.1) is 17.8 Å². The number of rotatable bonds is 11. The normalized spacial score (nSPS) is 16.3. The molecule has 0 fully saturated rings. The van der Waals surface area contributed by atoms with Crippen LogP contribution in [0.1, 0.15) is 92.8 Å². The van der Waals surface area contributed by atoms with Crippen LogP contribution in [-0.4, -0.2) is 56.2 Å². The molecule has 39 heavy (non-hydrogen) atoms. The molecule has 0 aliphatic carbocycles. The Morgan fingerprint density at radius 1 is 0.872 bits per heavy atom. The van der Waals surface area contributed by atoms with Gasteiger partial charge in [0.15, 0.2) is 24.6 Å². The zero-order chi connectivity index (χ0) is 29.2. The number of phenols is 2. The van der Waals surface area contributed by atoms with Crippen molar-refractivity contribution in [3.63, 3.8) is 0 Å². The number of carbonyl (C=O) groups is 4. The summed E-state index contributed by atoms with van der Waals surface area (Å²) >= 11 is 0. The molecule has 0 bridgehead atoms. The highest BCUT2D eigenvalue weighted by Gasteiger charge is 2.43. The fourth-order valence-corrected chi connectivity index (χ4v) is 5.24. The Morgan fingerprint density at radius 2 is 1.38 bits per heavy atom. The van der Waals surface area contributed by atoms with Gasteiger partial charge in [0.05, 0.1) is 43.6 Å². The number of aromatic hydroxyl groups is 2. The van der Waals surface area contributed by atoms with Crippen molar-refractivity contribution in [3.05, 3.63) is 33.4 Å². The maximum absolute atomic E-state index is 12.9. The van der Waals surface area contributed by atoms with Crippen molar-refractivity contribution in [1.29, 1.82) is 0 Å². The van der Waals surface area contributed by atoms with Gasteiger partial charge in [0, 0.05) is 17.9 Å². The van der Waals surface area contributed by atoms with E-state index in [0.717, 1.165) is 0 Å². The molecule has 0 saturated heterocycles. The molecule has 2 aromatic carbocycles. The van der Waals surface area contributed by atoms with Gasteiger partial charge in [0.25, 0.3) is 0 Å². The van der Waals surface area contributed by atoms with Crippen LogP contribution in [0.15, 0.2) is 0 Å². The first-order valence-electron chi connectivity index (χ1n) is 12.5. The topological polar surface area (TPSA) is 146 Å². The van der Waals surface area contributed by atoms with E-state index >= 15 is 0 Å². The lowest BCUT2D eigenvalue weighted by molar-refractivity contribution is 0.0765. The Kier molecular flexibility index (Phi) is 8.88. The fraction of sp³-hybridized carbons (Fsp3) is 0.448. The minimum absolute atomic E-state index is 0.0352. The third kappa shape index (κ3) is 4.91. The van der Waals surface area contributed by atoms with Gasteiger partial charge in [0.2, 0.25) is 0 Å². The van der Waals surface area contributed by atoms with Crippen molar-refractivity contribution in [1.82, 2.24) is 0 Å². The molecule has 0 aromatic heterocycles. The van der Waals surface area contributed by atoms with Gasteiger partial charge in [-0.15, -0.1) is 0 Å². The molecule has 1 aliphatic heterocycles. The Morgan fingerprint density at radius 3 is 1.79 bits per heavy atom. The maximum atomic E-state index is 12.9. The summed E-state index contributed by atoms with van der Waals surface area (Å²) in [5.41, 5.74) is -0.254. The van der Waals surface area contributed by atoms with Crippen LogP contribution in [0.5, 0.6) is 34.5 Å². The lowest BCUT2D eigenvalue weighted by atomic mass is 9.77. The molecule has 0 amide bonds. The number of hydrogen-bond acceptors (Lipinski definition) is 10. The van der Waals surface area contributed by atoms with E-state index in [1.54, 1.807) is 0 Å². The number of fused-ring (bicyclic) bond motifs is 1. The summed E-state index contributed by atoms with van der Waals surface area (Å²) < 4.78 is 22.9. The van der Waals surface area contributed by atoms with Crippen LogP contribution < -0.4 is 18.9 Å². The van der Waals surface area contributed by atoms with Gasteiger partial charge in [-0.2, -0.15) is 0 Å². The van der Waals surface area contributed by atoms with Crippen molar-refractivity contribution >= 4 is 24.6 Å². The van der Waals surface area contributed by atoms with Crippen molar-refractivity contribution in [3.8, 4) is 34.5 Å². The van der Waals surface area contributed by atoms with Crippen LogP contribution in [0.3, 0.4) is 0 Å². The number of ether oxygens (including phenoxy) is 4. The summed E-state index contributed by atoms with van der Waals surface area (Å²) in [6.45, 7) is 7.48. The van der Waals surface area contributed by atoms with Gasteiger partial charge < -0.3 is 29.2 Å². The summed E-state index contributed by atoms with van der Waals surface area (Å²) in [6, 6.07) is 0. The summed E-state index contributed by atoms with van der Waals surface area (Å²) in [5.74, 6) is -2.25. The maximum Gasteiger partial charge on any atom is 0.170 e. The Bertz CT molecular complexity index is 1270. The molecule has 1 heterocycles. The first-order chi connectivity index (χ1) is 18.5. The molecule has 0 unspecified atom stereocenters. The Hall–Kier alpha value is -4.08. The molecule has 2 N–H and O–H groups in total. The van der Waals surface area contributed by atoms with Crippen molar-refractivity contribution in [2.75, 3.05) is 21.3 Å². The molecular weight excluding hydrogens is 508 g/mol. The van der Waals surface area contributed by atoms with E-state index in [0.29, 0.717) is 18.9 Å². The van der Waals surface area contributed by atoms with Crippen LogP contribution in [-0.2, 0) is 6.42 Å². The number of aldehydes is 3. The summed E-state index contributed by atoms with van der Waals surface area (Å²) in [6.07, 6.45) is 0.588. The van der Waals surface area contributed by atoms with Gasteiger partial charge in [0.1, 0.15) is 46.2 Å². The minimum Gasteiger partial charge on any atom is -0.507 e. The second-order valence-electron chi connectivity index (χ2n) is 10.2. The third-order valence-electron chi connectivity index (χ3n) is 7.05. The highest BCUT2D eigenvalue weighted by Crippen LogP contribution is 2.55. The van der Waals surface area contributed by atoms with Crippen LogP contribution in [0.2, 0.25) is 0 Å². The molecule has 3 rings (SSSR count). The SMILES string of the molecule is COc1c(C=O)c(OC)c([C@@H]2Oc3c(C=O)c(O)c(C(=O)CC(C)C)c(O)c3C[C@H]2C(C)C)c(OC)c1C=O. The van der Waals surface area contributed by atoms with E-state index in [4.69, 9.17) is 18.9 Å². The summed E-state index contributed by atoms with van der Waals surface area (Å²) in [4.78, 5) is 49.4. The quantitative estimate of drug-likeness (QED) is 0.302. The number of ketones is 1. The lowest BCUT2D eigenvalue weighted by Crippen LogP contribution is -2.31. The van der Waals surface area contributed by atoms with E-state index in [-0.39, 0.29) is 81.1 Å². The van der Waals surface area contributed by atoms with Gasteiger partial charge in [-0.1, -0.05) is 27.7 Å². The molecule has 2 aromatic rings. The van der Waals surface area contributed by atoms with E-state index in [1.807, 2.05) is 27.7 Å². The van der Waals surface area contributed by atoms with E-state index in [2.05, 4.69) is 0 Å². The minimum atomic E-state index is -0.958. The summed E-state index contributed by atoms with van der Waals surface area (Å²) in [7, 11) is 3.99. The number of Topliss-reactive ketones (excluding diaryl/α,β-unsaturated/α-hetero) is 1. The van der Waals surface area contributed by atoms with Gasteiger partial charge in [-0.3, -0.25) is 19.2 Å². The Labute approximate surface area is 226 Å². The lowest BCUT2D eigenvalue weighted by Gasteiger charge is -2.39. The monoisotopic (exact) mass is 542 g/mol.